The van der Waals surface area contributed by atoms with E-state index in [9.17, 15) is 19.7 Å². The fraction of sp³-hybridized carbons (Fsp3) is 0.263. The Kier molecular flexibility index (Phi) is 4.23. The Balaban J connectivity index is 1.86. The van der Waals surface area contributed by atoms with Gasteiger partial charge in [0.1, 0.15) is 0 Å². The Labute approximate surface area is 150 Å². The van der Waals surface area contributed by atoms with Gasteiger partial charge < -0.3 is 10.1 Å². The van der Waals surface area contributed by atoms with Crippen LogP contribution in [0.3, 0.4) is 0 Å². The molecule has 134 valence electrons. The summed E-state index contributed by atoms with van der Waals surface area (Å²) in [6.07, 6.45) is 0.258. The van der Waals surface area contributed by atoms with Gasteiger partial charge in [-0.3, -0.25) is 14.9 Å². The van der Waals surface area contributed by atoms with Gasteiger partial charge in [0.15, 0.2) is 5.60 Å². The van der Waals surface area contributed by atoms with Crippen molar-refractivity contribution < 1.29 is 19.2 Å². The number of hydrogen-bond donors (Lipinski definition) is 1. The lowest BCUT2D eigenvalue weighted by molar-refractivity contribution is -0.384. The largest absolute Gasteiger partial charge is 0.445 e. The number of nitro groups is 1. The summed E-state index contributed by atoms with van der Waals surface area (Å²) >= 11 is 0. The molecule has 2 aromatic carbocycles. The number of anilines is 1. The molecule has 3 rings (SSSR count). The third-order valence-corrected chi connectivity index (χ3v) is 4.48. The molecule has 0 radical (unpaired) electrons. The van der Waals surface area contributed by atoms with E-state index in [-0.39, 0.29) is 12.1 Å². The van der Waals surface area contributed by atoms with E-state index in [1.807, 2.05) is 19.1 Å². The molecule has 0 aromatic heterocycles. The maximum Gasteiger partial charge on any atom is 0.339 e. The number of fused-ring (bicyclic) bond motifs is 1. The molecule has 26 heavy (non-hydrogen) atoms. The van der Waals surface area contributed by atoms with Gasteiger partial charge in [-0.25, -0.2) is 4.79 Å². The summed E-state index contributed by atoms with van der Waals surface area (Å²) in [5.74, 6) is -1.01. The molecule has 7 heteroatoms. The molecule has 1 atom stereocenters. The van der Waals surface area contributed by atoms with E-state index < -0.39 is 22.4 Å². The van der Waals surface area contributed by atoms with Crippen LogP contribution >= 0.6 is 0 Å². The minimum atomic E-state index is -1.36. The average molecular weight is 354 g/mol. The Morgan fingerprint density at radius 1 is 1.23 bits per heavy atom. The highest BCUT2D eigenvalue weighted by atomic mass is 16.6. The van der Waals surface area contributed by atoms with Crippen molar-refractivity contribution >= 4 is 23.3 Å². The Morgan fingerprint density at radius 2 is 1.96 bits per heavy atom. The van der Waals surface area contributed by atoms with Crippen LogP contribution in [0.5, 0.6) is 0 Å². The molecule has 1 N–H and O–H groups in total. The summed E-state index contributed by atoms with van der Waals surface area (Å²) in [6.45, 7) is 5.14. The first-order chi connectivity index (χ1) is 12.2. The zero-order valence-electron chi connectivity index (χ0n) is 14.7. The van der Waals surface area contributed by atoms with Crippen LogP contribution in [-0.2, 0) is 16.0 Å². The van der Waals surface area contributed by atoms with Gasteiger partial charge in [0.05, 0.1) is 10.5 Å². The number of nitrogens with one attached hydrogen (secondary N) is 1. The number of hydrogen-bond acceptors (Lipinski definition) is 5. The van der Waals surface area contributed by atoms with Gasteiger partial charge in [-0.15, -0.1) is 0 Å². The number of amides is 1. The Bertz CT molecular complexity index is 938. The SMILES string of the molecule is Cc1ccc2c(c1)CC(C)(C(=O)Nc1ccc([N+](=O)[O-])cc1C)OC2=O. The molecule has 0 fully saturated rings. The molecule has 0 spiro atoms. The molecule has 7 nitrogen and oxygen atoms in total. The molecular weight excluding hydrogens is 336 g/mol. The summed E-state index contributed by atoms with van der Waals surface area (Å²) in [5.41, 5.74) is 1.80. The molecule has 1 unspecified atom stereocenters. The predicted molar refractivity (Wildman–Crippen MR) is 95.2 cm³/mol. The van der Waals surface area contributed by atoms with E-state index in [2.05, 4.69) is 5.32 Å². The topological polar surface area (TPSA) is 98.5 Å². The molecule has 0 aliphatic carbocycles. The van der Waals surface area contributed by atoms with Crippen molar-refractivity contribution in [3.63, 3.8) is 0 Å². The standard InChI is InChI=1S/C19H18N2O5/c1-11-4-6-15-13(8-11)10-19(3,26-17(15)22)18(23)20-16-7-5-14(21(24)25)9-12(16)2/h4-9H,10H2,1-3H3,(H,20,23). The van der Waals surface area contributed by atoms with Crippen molar-refractivity contribution in [2.24, 2.45) is 0 Å². The fourth-order valence-electron chi connectivity index (χ4n) is 3.01. The number of esters is 1. The third-order valence-electron chi connectivity index (χ3n) is 4.48. The second kappa shape index (κ2) is 6.25. The molecule has 2 aromatic rings. The number of cyclic esters (lactones) is 1. The lowest BCUT2D eigenvalue weighted by atomic mass is 9.88. The summed E-state index contributed by atoms with van der Waals surface area (Å²) in [7, 11) is 0. The number of benzene rings is 2. The highest BCUT2D eigenvalue weighted by Gasteiger charge is 2.42. The number of carbonyl (C=O) groups excluding carboxylic acids is 2. The second-order valence-electron chi connectivity index (χ2n) is 6.67. The zero-order valence-corrected chi connectivity index (χ0v) is 14.7. The van der Waals surface area contributed by atoms with Crippen molar-refractivity contribution in [3.8, 4) is 0 Å². The van der Waals surface area contributed by atoms with Crippen molar-refractivity contribution in [3.05, 3.63) is 68.8 Å². The van der Waals surface area contributed by atoms with Crippen molar-refractivity contribution in [1.29, 1.82) is 0 Å². The van der Waals surface area contributed by atoms with E-state index in [4.69, 9.17) is 4.74 Å². The molecule has 0 saturated heterocycles. The smallest absolute Gasteiger partial charge is 0.339 e. The lowest BCUT2D eigenvalue weighted by Crippen LogP contribution is -2.49. The van der Waals surface area contributed by atoms with Gasteiger partial charge in [0.2, 0.25) is 0 Å². The second-order valence-corrected chi connectivity index (χ2v) is 6.67. The average Bonchev–Trinajstić information content (AvgIpc) is 2.55. The van der Waals surface area contributed by atoms with Gasteiger partial charge in [-0.1, -0.05) is 17.7 Å². The first kappa shape index (κ1) is 17.6. The monoisotopic (exact) mass is 354 g/mol. The van der Waals surface area contributed by atoms with Gasteiger partial charge in [-0.05, 0) is 44.0 Å². The van der Waals surface area contributed by atoms with Crippen LogP contribution in [0.2, 0.25) is 0 Å². The third kappa shape index (κ3) is 3.15. The van der Waals surface area contributed by atoms with Gasteiger partial charge in [0.25, 0.3) is 11.6 Å². The summed E-state index contributed by atoms with van der Waals surface area (Å²) in [4.78, 5) is 35.4. The van der Waals surface area contributed by atoms with Crippen molar-refractivity contribution in [2.45, 2.75) is 32.8 Å². The summed E-state index contributed by atoms with van der Waals surface area (Å²) in [6, 6.07) is 9.56. The zero-order chi connectivity index (χ0) is 19.1. The number of non-ortho nitro benzene ring substituents is 1. The minimum absolute atomic E-state index is 0.0554. The first-order valence-electron chi connectivity index (χ1n) is 8.09. The minimum Gasteiger partial charge on any atom is -0.445 e. The van der Waals surface area contributed by atoms with E-state index in [1.54, 1.807) is 19.9 Å². The maximum atomic E-state index is 12.8. The Hall–Kier alpha value is -3.22. The number of aryl methyl sites for hydroxylation is 2. The van der Waals surface area contributed by atoms with Crippen LogP contribution in [0.25, 0.3) is 0 Å². The summed E-state index contributed by atoms with van der Waals surface area (Å²) in [5, 5.41) is 13.5. The van der Waals surface area contributed by atoms with Crippen LogP contribution in [0.15, 0.2) is 36.4 Å². The molecular formula is C19H18N2O5. The van der Waals surface area contributed by atoms with Crippen LogP contribution in [-0.4, -0.2) is 22.4 Å². The number of ether oxygens (including phenoxy) is 1. The molecule has 1 aliphatic rings. The number of carbonyl (C=O) groups is 2. The number of nitro benzene ring substituents is 1. The lowest BCUT2D eigenvalue weighted by Gasteiger charge is -2.33. The number of nitrogens with zero attached hydrogens (tertiary/aromatic N) is 1. The molecule has 1 heterocycles. The van der Waals surface area contributed by atoms with Gasteiger partial charge in [-0.2, -0.15) is 0 Å². The number of rotatable bonds is 3. The highest BCUT2D eigenvalue weighted by molar-refractivity contribution is 6.02. The maximum absolute atomic E-state index is 12.8. The van der Waals surface area contributed by atoms with Gasteiger partial charge >= 0.3 is 5.97 Å². The van der Waals surface area contributed by atoms with Gasteiger partial charge in [0, 0.05) is 24.2 Å². The van der Waals surface area contributed by atoms with E-state index >= 15 is 0 Å². The van der Waals surface area contributed by atoms with Crippen LogP contribution in [0.4, 0.5) is 11.4 Å². The predicted octanol–water partition coefficient (Wildman–Crippen LogP) is 3.32. The first-order valence-corrected chi connectivity index (χ1v) is 8.09. The Morgan fingerprint density at radius 3 is 2.62 bits per heavy atom. The van der Waals surface area contributed by atoms with E-state index in [0.29, 0.717) is 16.8 Å². The van der Waals surface area contributed by atoms with E-state index in [0.717, 1.165) is 11.1 Å². The van der Waals surface area contributed by atoms with Crippen LogP contribution in [0, 0.1) is 24.0 Å². The molecule has 1 aliphatic heterocycles. The molecule has 0 saturated carbocycles. The highest BCUT2D eigenvalue weighted by Crippen LogP contribution is 2.31. The normalized spacial score (nSPS) is 18.7. The van der Waals surface area contributed by atoms with Crippen molar-refractivity contribution in [2.75, 3.05) is 5.32 Å². The molecule has 0 bridgehead atoms. The van der Waals surface area contributed by atoms with E-state index in [1.165, 1.54) is 18.2 Å². The van der Waals surface area contributed by atoms with Crippen LogP contribution < -0.4 is 5.32 Å². The summed E-state index contributed by atoms with van der Waals surface area (Å²) < 4.78 is 5.42. The molecule has 1 amide bonds. The van der Waals surface area contributed by atoms with Crippen LogP contribution in [0.1, 0.15) is 34.0 Å². The quantitative estimate of drug-likeness (QED) is 0.518. The van der Waals surface area contributed by atoms with Crippen molar-refractivity contribution in [1.82, 2.24) is 0 Å². The fourth-order valence-corrected chi connectivity index (χ4v) is 3.01.